The monoisotopic (exact) mass is 264 g/mol. The van der Waals surface area contributed by atoms with Crippen LogP contribution in [0.1, 0.15) is 35.6 Å². The Morgan fingerprint density at radius 1 is 1.32 bits per heavy atom. The molecule has 104 valence electrons. The molecule has 4 nitrogen and oxygen atoms in total. The molecule has 1 atom stereocenters. The molecule has 0 aromatic heterocycles. The molecule has 0 saturated heterocycles. The average molecular weight is 264 g/mol. The molecule has 0 aliphatic carbocycles. The minimum absolute atomic E-state index is 0.00341. The molecule has 4 heteroatoms. The molecular weight excluding hydrogens is 244 g/mol. The summed E-state index contributed by atoms with van der Waals surface area (Å²) in [5, 5.41) is 9.45. The molecule has 1 aliphatic rings. The molecule has 1 heterocycles. The molecular formula is C15H20O4. The molecule has 0 saturated carbocycles. The Morgan fingerprint density at radius 3 is 2.58 bits per heavy atom. The van der Waals surface area contributed by atoms with E-state index in [1.54, 1.807) is 0 Å². The van der Waals surface area contributed by atoms with Gasteiger partial charge in [-0.3, -0.25) is 4.79 Å². The normalized spacial score (nSPS) is 21.5. The highest BCUT2D eigenvalue weighted by Gasteiger charge is 2.34. The van der Waals surface area contributed by atoms with Gasteiger partial charge in [0.1, 0.15) is 17.1 Å². The third-order valence-electron chi connectivity index (χ3n) is 4.06. The van der Waals surface area contributed by atoms with Gasteiger partial charge >= 0.3 is 0 Å². The van der Waals surface area contributed by atoms with Gasteiger partial charge in [-0.1, -0.05) is 0 Å². The van der Waals surface area contributed by atoms with Crippen LogP contribution in [0.3, 0.4) is 0 Å². The van der Waals surface area contributed by atoms with Crippen LogP contribution in [0.5, 0.6) is 11.5 Å². The molecule has 0 fully saturated rings. The summed E-state index contributed by atoms with van der Waals surface area (Å²) in [6.45, 7) is 8.17. The molecule has 0 radical (unpaired) electrons. The topological polar surface area (TPSA) is 55.8 Å². The van der Waals surface area contributed by atoms with Crippen LogP contribution in [-0.4, -0.2) is 23.8 Å². The van der Waals surface area contributed by atoms with Gasteiger partial charge in [-0.15, -0.1) is 0 Å². The Morgan fingerprint density at radius 2 is 2.00 bits per heavy atom. The van der Waals surface area contributed by atoms with Crippen molar-refractivity contribution >= 4 is 6.47 Å². The molecule has 1 N–H and O–H groups in total. The molecule has 19 heavy (non-hydrogen) atoms. The van der Waals surface area contributed by atoms with E-state index in [1.165, 1.54) is 0 Å². The standard InChI is InChI=1S/C15H20O4/c1-9-10(2)14-12(11(3)13(9)18-8-17)5-6-15(4,7-16)19-14/h8,16H,5-7H2,1-4H3. The minimum atomic E-state index is -0.524. The van der Waals surface area contributed by atoms with Gasteiger partial charge in [-0.2, -0.15) is 0 Å². The van der Waals surface area contributed by atoms with Gasteiger partial charge in [-0.25, -0.2) is 0 Å². The van der Waals surface area contributed by atoms with Gasteiger partial charge < -0.3 is 14.6 Å². The Balaban J connectivity index is 2.58. The van der Waals surface area contributed by atoms with E-state index >= 15 is 0 Å². The Hall–Kier alpha value is -1.55. The quantitative estimate of drug-likeness (QED) is 0.850. The van der Waals surface area contributed by atoms with E-state index in [2.05, 4.69) is 0 Å². The Bertz CT molecular complexity index is 522. The van der Waals surface area contributed by atoms with Crippen molar-refractivity contribution in [3.8, 4) is 11.5 Å². The van der Waals surface area contributed by atoms with Gasteiger partial charge in [0.25, 0.3) is 6.47 Å². The van der Waals surface area contributed by atoms with Gasteiger partial charge in [0, 0.05) is 5.56 Å². The van der Waals surface area contributed by atoms with Crippen molar-refractivity contribution in [3.63, 3.8) is 0 Å². The zero-order valence-electron chi connectivity index (χ0n) is 11.9. The summed E-state index contributed by atoms with van der Waals surface area (Å²) in [6.07, 6.45) is 1.56. The zero-order valence-corrected chi connectivity index (χ0v) is 11.9. The van der Waals surface area contributed by atoms with Gasteiger partial charge in [0.2, 0.25) is 0 Å². The first-order chi connectivity index (χ1) is 8.93. The molecule has 0 spiro atoms. The Kier molecular flexibility index (Phi) is 3.54. The highest BCUT2D eigenvalue weighted by molar-refractivity contribution is 5.62. The lowest BCUT2D eigenvalue weighted by molar-refractivity contribution is -0.120. The van der Waals surface area contributed by atoms with E-state index in [1.807, 2.05) is 27.7 Å². The lowest BCUT2D eigenvalue weighted by Gasteiger charge is -2.36. The fourth-order valence-corrected chi connectivity index (χ4v) is 2.62. The molecule has 1 aromatic carbocycles. The molecule has 1 unspecified atom stereocenters. The lowest BCUT2D eigenvalue weighted by Crippen LogP contribution is -2.40. The third-order valence-corrected chi connectivity index (χ3v) is 4.06. The van der Waals surface area contributed by atoms with E-state index in [9.17, 15) is 9.90 Å². The Labute approximate surface area is 113 Å². The lowest BCUT2D eigenvalue weighted by atomic mass is 9.87. The van der Waals surface area contributed by atoms with Crippen LogP contribution in [0.4, 0.5) is 0 Å². The maximum atomic E-state index is 10.6. The first-order valence-corrected chi connectivity index (χ1v) is 6.46. The number of hydrogen-bond donors (Lipinski definition) is 1. The molecule has 0 amide bonds. The maximum absolute atomic E-state index is 10.6. The molecule has 1 aliphatic heterocycles. The van der Waals surface area contributed by atoms with Gasteiger partial charge in [-0.05, 0) is 57.2 Å². The predicted octanol–water partition coefficient (Wildman–Crippen LogP) is 2.22. The van der Waals surface area contributed by atoms with Crippen molar-refractivity contribution in [2.24, 2.45) is 0 Å². The predicted molar refractivity (Wildman–Crippen MR) is 71.8 cm³/mol. The summed E-state index contributed by atoms with van der Waals surface area (Å²) in [4.78, 5) is 10.6. The summed E-state index contributed by atoms with van der Waals surface area (Å²) in [5.41, 5.74) is 3.38. The van der Waals surface area contributed by atoms with Crippen LogP contribution in [0.15, 0.2) is 0 Å². The van der Waals surface area contributed by atoms with Crippen molar-refractivity contribution in [2.45, 2.75) is 46.1 Å². The highest BCUT2D eigenvalue weighted by Crippen LogP contribution is 2.43. The van der Waals surface area contributed by atoms with Crippen LogP contribution < -0.4 is 9.47 Å². The number of rotatable bonds is 3. The SMILES string of the molecule is Cc1c(C)c2c(c(C)c1OC=O)CCC(C)(CO)O2. The van der Waals surface area contributed by atoms with Crippen molar-refractivity contribution < 1.29 is 19.4 Å². The number of aliphatic hydroxyl groups excluding tert-OH is 1. The summed E-state index contributed by atoms with van der Waals surface area (Å²) < 4.78 is 11.1. The van der Waals surface area contributed by atoms with E-state index in [0.717, 1.165) is 40.8 Å². The van der Waals surface area contributed by atoms with Crippen molar-refractivity contribution in [1.29, 1.82) is 0 Å². The van der Waals surface area contributed by atoms with E-state index < -0.39 is 5.60 Å². The average Bonchev–Trinajstić information content (AvgIpc) is 2.41. The second-order valence-corrected chi connectivity index (χ2v) is 5.44. The number of carbonyl (C=O) groups excluding carboxylic acids is 1. The number of ether oxygens (including phenoxy) is 2. The second kappa shape index (κ2) is 4.85. The van der Waals surface area contributed by atoms with Crippen LogP contribution >= 0.6 is 0 Å². The number of aliphatic hydroxyl groups is 1. The number of benzene rings is 1. The summed E-state index contributed by atoms with van der Waals surface area (Å²) in [5.74, 6) is 1.46. The highest BCUT2D eigenvalue weighted by atomic mass is 16.5. The van der Waals surface area contributed by atoms with Crippen molar-refractivity contribution in [3.05, 3.63) is 22.3 Å². The first kappa shape index (κ1) is 13.9. The molecule has 0 bridgehead atoms. The molecule has 1 aromatic rings. The fraction of sp³-hybridized carbons (Fsp3) is 0.533. The van der Waals surface area contributed by atoms with E-state index in [0.29, 0.717) is 12.2 Å². The van der Waals surface area contributed by atoms with Crippen LogP contribution in [0, 0.1) is 20.8 Å². The summed E-state index contributed by atoms with van der Waals surface area (Å²) in [6, 6.07) is 0. The van der Waals surface area contributed by atoms with Crippen LogP contribution in [0.2, 0.25) is 0 Å². The summed E-state index contributed by atoms with van der Waals surface area (Å²) >= 11 is 0. The second-order valence-electron chi connectivity index (χ2n) is 5.44. The van der Waals surface area contributed by atoms with E-state index in [4.69, 9.17) is 9.47 Å². The smallest absolute Gasteiger partial charge is 0.298 e. The number of carbonyl (C=O) groups is 1. The van der Waals surface area contributed by atoms with E-state index in [-0.39, 0.29) is 6.61 Å². The van der Waals surface area contributed by atoms with Crippen molar-refractivity contribution in [1.82, 2.24) is 0 Å². The third kappa shape index (κ3) is 2.21. The first-order valence-electron chi connectivity index (χ1n) is 6.46. The zero-order chi connectivity index (χ0) is 14.2. The maximum Gasteiger partial charge on any atom is 0.298 e. The van der Waals surface area contributed by atoms with Crippen LogP contribution in [-0.2, 0) is 11.2 Å². The number of fused-ring (bicyclic) bond motifs is 1. The minimum Gasteiger partial charge on any atom is -0.485 e. The summed E-state index contributed by atoms with van der Waals surface area (Å²) in [7, 11) is 0. The van der Waals surface area contributed by atoms with Crippen LogP contribution in [0.25, 0.3) is 0 Å². The van der Waals surface area contributed by atoms with Gasteiger partial charge in [0.15, 0.2) is 0 Å². The fourth-order valence-electron chi connectivity index (χ4n) is 2.62. The van der Waals surface area contributed by atoms with Crippen molar-refractivity contribution in [2.75, 3.05) is 6.61 Å². The largest absolute Gasteiger partial charge is 0.485 e. The van der Waals surface area contributed by atoms with Gasteiger partial charge in [0.05, 0.1) is 6.61 Å². The number of hydrogen-bond acceptors (Lipinski definition) is 4. The molecule has 2 rings (SSSR count).